The predicted octanol–water partition coefficient (Wildman–Crippen LogP) is 1.43. The molecule has 0 saturated carbocycles. The van der Waals surface area contributed by atoms with Crippen LogP contribution in [0.25, 0.3) is 0 Å². The van der Waals surface area contributed by atoms with Crippen LogP contribution in [-0.4, -0.2) is 10.7 Å². The molecule has 1 N–H and O–H groups in total. The lowest BCUT2D eigenvalue weighted by molar-refractivity contribution is 0.0564. The first-order chi connectivity index (χ1) is 6.23. The molecule has 13 heavy (non-hydrogen) atoms. The van der Waals surface area contributed by atoms with Crippen molar-refractivity contribution >= 4 is 0 Å². The highest BCUT2D eigenvalue weighted by Crippen LogP contribution is 2.31. The topological polar surface area (TPSA) is 44.0 Å². The Hall–Kier alpha value is -1.33. The summed E-state index contributed by atoms with van der Waals surface area (Å²) in [5, 5.41) is 18.6. The minimum atomic E-state index is -0.807. The van der Waals surface area contributed by atoms with E-state index in [1.165, 1.54) is 11.1 Å². The first-order valence-corrected chi connectivity index (χ1v) is 4.40. The minimum absolute atomic E-state index is 0.224. The Kier molecular flexibility index (Phi) is 1.82. The Labute approximate surface area is 77.4 Å². The van der Waals surface area contributed by atoms with Gasteiger partial charge in [0.05, 0.1) is 18.1 Å². The standard InChI is InChI=1S/C11H11NO/c12-6-5-11(13)7-9-3-1-2-4-10(9)8-11/h1-4,13H,5,7-8H2. The molecule has 0 saturated heterocycles. The van der Waals surface area contributed by atoms with E-state index >= 15 is 0 Å². The van der Waals surface area contributed by atoms with Crippen molar-refractivity contribution in [3.8, 4) is 6.07 Å². The number of aliphatic hydroxyl groups is 1. The maximum absolute atomic E-state index is 9.99. The van der Waals surface area contributed by atoms with Crippen molar-refractivity contribution in [2.75, 3.05) is 0 Å². The molecule has 0 fully saturated rings. The molecule has 0 spiro atoms. The number of fused-ring (bicyclic) bond motifs is 1. The van der Waals surface area contributed by atoms with Crippen LogP contribution in [0.15, 0.2) is 24.3 Å². The highest BCUT2D eigenvalue weighted by Gasteiger charge is 2.34. The number of nitriles is 1. The molecule has 2 nitrogen and oxygen atoms in total. The molecule has 2 rings (SSSR count). The Bertz CT molecular complexity index is 340. The molecular formula is C11H11NO. The molecule has 2 heteroatoms. The second-order valence-corrected chi connectivity index (χ2v) is 3.68. The number of nitrogens with zero attached hydrogens (tertiary/aromatic N) is 1. The lowest BCUT2D eigenvalue weighted by atomic mass is 9.97. The van der Waals surface area contributed by atoms with Crippen molar-refractivity contribution in [3.63, 3.8) is 0 Å². The van der Waals surface area contributed by atoms with E-state index in [9.17, 15) is 5.11 Å². The Morgan fingerprint density at radius 3 is 2.31 bits per heavy atom. The van der Waals surface area contributed by atoms with Crippen LogP contribution in [-0.2, 0) is 12.8 Å². The van der Waals surface area contributed by atoms with Crippen LogP contribution in [0, 0.1) is 11.3 Å². The number of benzene rings is 1. The van der Waals surface area contributed by atoms with Crippen molar-refractivity contribution in [2.24, 2.45) is 0 Å². The van der Waals surface area contributed by atoms with Gasteiger partial charge in [0.1, 0.15) is 0 Å². The fraction of sp³-hybridized carbons (Fsp3) is 0.364. The molecule has 0 aliphatic heterocycles. The Morgan fingerprint density at radius 1 is 1.31 bits per heavy atom. The lowest BCUT2D eigenvalue weighted by Crippen LogP contribution is -2.28. The summed E-state index contributed by atoms with van der Waals surface area (Å²) in [4.78, 5) is 0. The third-order valence-corrected chi connectivity index (χ3v) is 2.57. The van der Waals surface area contributed by atoms with Crippen molar-refractivity contribution in [1.82, 2.24) is 0 Å². The van der Waals surface area contributed by atoms with Crippen molar-refractivity contribution < 1.29 is 5.11 Å². The lowest BCUT2D eigenvalue weighted by Gasteiger charge is -2.17. The number of hydrogen-bond acceptors (Lipinski definition) is 2. The number of hydrogen-bond donors (Lipinski definition) is 1. The zero-order valence-electron chi connectivity index (χ0n) is 7.33. The van der Waals surface area contributed by atoms with E-state index in [4.69, 9.17) is 5.26 Å². The summed E-state index contributed by atoms with van der Waals surface area (Å²) in [5.41, 5.74) is 1.55. The minimum Gasteiger partial charge on any atom is -0.388 e. The molecule has 1 aliphatic carbocycles. The molecule has 1 aromatic carbocycles. The number of rotatable bonds is 1. The fourth-order valence-electron chi connectivity index (χ4n) is 1.95. The van der Waals surface area contributed by atoms with Gasteiger partial charge in [0.2, 0.25) is 0 Å². The summed E-state index contributed by atoms with van der Waals surface area (Å²) in [6, 6.07) is 10.0. The van der Waals surface area contributed by atoms with Gasteiger partial charge in [0.25, 0.3) is 0 Å². The normalized spacial score (nSPS) is 17.8. The highest BCUT2D eigenvalue weighted by atomic mass is 16.3. The van der Waals surface area contributed by atoms with Crippen LogP contribution in [0.2, 0.25) is 0 Å². The molecule has 1 aromatic rings. The first-order valence-electron chi connectivity index (χ1n) is 4.40. The summed E-state index contributed by atoms with van der Waals surface area (Å²) in [6.07, 6.45) is 1.47. The van der Waals surface area contributed by atoms with Crippen LogP contribution in [0.3, 0.4) is 0 Å². The fourth-order valence-corrected chi connectivity index (χ4v) is 1.95. The highest BCUT2D eigenvalue weighted by molar-refractivity contribution is 5.35. The zero-order chi connectivity index (χ0) is 9.31. The molecule has 0 amide bonds. The molecule has 0 aromatic heterocycles. The molecule has 0 atom stereocenters. The maximum Gasteiger partial charge on any atom is 0.0857 e. The van der Waals surface area contributed by atoms with Gasteiger partial charge in [0, 0.05) is 12.8 Å². The molecule has 0 heterocycles. The van der Waals surface area contributed by atoms with Gasteiger partial charge < -0.3 is 5.11 Å². The second-order valence-electron chi connectivity index (χ2n) is 3.68. The smallest absolute Gasteiger partial charge is 0.0857 e. The monoisotopic (exact) mass is 173 g/mol. The van der Waals surface area contributed by atoms with E-state index in [-0.39, 0.29) is 6.42 Å². The van der Waals surface area contributed by atoms with Crippen LogP contribution in [0.5, 0.6) is 0 Å². The molecule has 66 valence electrons. The van der Waals surface area contributed by atoms with Crippen LogP contribution < -0.4 is 0 Å². The van der Waals surface area contributed by atoms with Crippen molar-refractivity contribution in [2.45, 2.75) is 24.9 Å². The molecule has 0 unspecified atom stereocenters. The van der Waals surface area contributed by atoms with E-state index in [1.807, 2.05) is 30.3 Å². The Balaban J connectivity index is 2.27. The van der Waals surface area contributed by atoms with E-state index < -0.39 is 5.60 Å². The SMILES string of the molecule is N#CCC1(O)Cc2ccccc2C1. The molecule has 0 bridgehead atoms. The third kappa shape index (κ3) is 1.43. The van der Waals surface area contributed by atoms with Crippen LogP contribution in [0.1, 0.15) is 17.5 Å². The maximum atomic E-state index is 9.99. The van der Waals surface area contributed by atoms with Crippen molar-refractivity contribution in [1.29, 1.82) is 5.26 Å². The summed E-state index contributed by atoms with van der Waals surface area (Å²) >= 11 is 0. The third-order valence-electron chi connectivity index (χ3n) is 2.57. The first kappa shape index (κ1) is 8.28. The van der Waals surface area contributed by atoms with Crippen molar-refractivity contribution in [3.05, 3.63) is 35.4 Å². The molecule has 1 aliphatic rings. The van der Waals surface area contributed by atoms with Crippen LogP contribution in [0.4, 0.5) is 0 Å². The average molecular weight is 173 g/mol. The van der Waals surface area contributed by atoms with Gasteiger partial charge in [-0.15, -0.1) is 0 Å². The second kappa shape index (κ2) is 2.86. The average Bonchev–Trinajstić information content (AvgIpc) is 2.40. The summed E-state index contributed by atoms with van der Waals surface area (Å²) < 4.78 is 0. The van der Waals surface area contributed by atoms with Gasteiger partial charge in [0.15, 0.2) is 0 Å². The van der Waals surface area contributed by atoms with E-state index in [0.717, 1.165) is 0 Å². The van der Waals surface area contributed by atoms with E-state index in [2.05, 4.69) is 0 Å². The van der Waals surface area contributed by atoms with Gasteiger partial charge in [-0.3, -0.25) is 0 Å². The zero-order valence-corrected chi connectivity index (χ0v) is 7.33. The Morgan fingerprint density at radius 2 is 1.85 bits per heavy atom. The molecule has 0 radical (unpaired) electrons. The van der Waals surface area contributed by atoms with Gasteiger partial charge in [-0.1, -0.05) is 24.3 Å². The van der Waals surface area contributed by atoms with Crippen LogP contribution >= 0.6 is 0 Å². The van der Waals surface area contributed by atoms with Gasteiger partial charge in [-0.25, -0.2) is 0 Å². The van der Waals surface area contributed by atoms with Gasteiger partial charge in [-0.05, 0) is 11.1 Å². The van der Waals surface area contributed by atoms with Gasteiger partial charge >= 0.3 is 0 Å². The van der Waals surface area contributed by atoms with Gasteiger partial charge in [-0.2, -0.15) is 5.26 Å². The largest absolute Gasteiger partial charge is 0.388 e. The summed E-state index contributed by atoms with van der Waals surface area (Å²) in [6.45, 7) is 0. The summed E-state index contributed by atoms with van der Waals surface area (Å²) in [7, 11) is 0. The predicted molar refractivity (Wildman–Crippen MR) is 49.0 cm³/mol. The molecular weight excluding hydrogens is 162 g/mol. The summed E-state index contributed by atoms with van der Waals surface area (Å²) in [5.74, 6) is 0. The quantitative estimate of drug-likeness (QED) is 0.698. The van der Waals surface area contributed by atoms with E-state index in [0.29, 0.717) is 12.8 Å². The van der Waals surface area contributed by atoms with E-state index in [1.54, 1.807) is 0 Å².